The minimum absolute atomic E-state index is 0. The van der Waals surface area contributed by atoms with E-state index in [1.807, 2.05) is 0 Å². The first-order chi connectivity index (χ1) is 5.02. The summed E-state index contributed by atoms with van der Waals surface area (Å²) >= 11 is 0. The van der Waals surface area contributed by atoms with Crippen molar-refractivity contribution in [2.45, 2.75) is 4.90 Å². The predicted octanol–water partition coefficient (Wildman–Crippen LogP) is 1.06. The van der Waals surface area contributed by atoms with E-state index in [4.69, 9.17) is 9.66 Å². The fourth-order valence-electron chi connectivity index (χ4n) is 0.675. The lowest BCUT2D eigenvalue weighted by Gasteiger charge is -1.97. The van der Waals surface area contributed by atoms with Gasteiger partial charge in [0.2, 0.25) is 0 Å². The van der Waals surface area contributed by atoms with Crippen LogP contribution in [0.2, 0.25) is 0 Å². The van der Waals surface area contributed by atoms with Crippen LogP contribution in [0.25, 0.3) is 0 Å². The molecule has 0 unspecified atom stereocenters. The molecular weight excluding hydrogens is 204 g/mol. The van der Waals surface area contributed by atoms with Gasteiger partial charge in [-0.3, -0.25) is 4.55 Å². The minimum Gasteiger partial charge on any atom is -0.506 e. The number of rotatable bonds is 1. The van der Waals surface area contributed by atoms with Crippen LogP contribution in [-0.2, 0) is 10.1 Å². The van der Waals surface area contributed by atoms with Crippen LogP contribution in [0.3, 0.4) is 0 Å². The minimum atomic E-state index is -4.28. The zero-order valence-corrected chi connectivity index (χ0v) is 7.47. The molecule has 0 amide bonds. The maximum Gasteiger partial charge on any atom is 0.298 e. The molecule has 0 aromatic heterocycles. The molecule has 1 aromatic rings. The monoisotopic (exact) mass is 210 g/mol. The molecule has 0 saturated heterocycles. The Morgan fingerprint density at radius 2 is 1.67 bits per heavy atom. The number of hydrogen-bond donors (Lipinski definition) is 2. The zero-order valence-electron chi connectivity index (χ0n) is 5.84. The van der Waals surface area contributed by atoms with E-state index < -0.39 is 20.8 Å². The SMILES string of the molecule is Cl.O=S(=O)(O)c1ccccc1O. The fourth-order valence-corrected chi connectivity index (χ4v) is 1.26. The van der Waals surface area contributed by atoms with Crippen LogP contribution in [0, 0.1) is 0 Å². The highest BCUT2D eigenvalue weighted by Crippen LogP contribution is 2.20. The van der Waals surface area contributed by atoms with Gasteiger partial charge < -0.3 is 5.11 Å². The third-order valence-corrected chi connectivity index (χ3v) is 2.04. The van der Waals surface area contributed by atoms with E-state index >= 15 is 0 Å². The van der Waals surface area contributed by atoms with E-state index in [1.165, 1.54) is 18.2 Å². The molecule has 0 fully saturated rings. The lowest BCUT2D eigenvalue weighted by atomic mass is 10.3. The maximum atomic E-state index is 10.4. The molecule has 0 spiro atoms. The molecule has 1 rings (SSSR count). The third kappa shape index (κ3) is 2.37. The van der Waals surface area contributed by atoms with Gasteiger partial charge in [0.05, 0.1) is 0 Å². The zero-order chi connectivity index (χ0) is 8.48. The molecule has 0 saturated carbocycles. The van der Waals surface area contributed by atoms with Gasteiger partial charge in [-0.25, -0.2) is 0 Å². The Bertz CT molecular complexity index is 360. The van der Waals surface area contributed by atoms with E-state index in [2.05, 4.69) is 0 Å². The van der Waals surface area contributed by atoms with Crippen LogP contribution in [0.1, 0.15) is 0 Å². The topological polar surface area (TPSA) is 74.6 Å². The largest absolute Gasteiger partial charge is 0.506 e. The third-order valence-electron chi connectivity index (χ3n) is 1.14. The van der Waals surface area contributed by atoms with Crippen molar-refractivity contribution >= 4 is 22.5 Å². The molecule has 0 bridgehead atoms. The van der Waals surface area contributed by atoms with Crippen LogP contribution in [0.15, 0.2) is 29.2 Å². The molecule has 0 aliphatic rings. The van der Waals surface area contributed by atoms with Crippen molar-refractivity contribution in [2.24, 2.45) is 0 Å². The fraction of sp³-hybridized carbons (Fsp3) is 0. The number of halogens is 1. The first-order valence-corrected chi connectivity index (χ1v) is 4.21. The van der Waals surface area contributed by atoms with Crippen LogP contribution in [0.4, 0.5) is 0 Å². The summed E-state index contributed by atoms with van der Waals surface area (Å²) < 4.78 is 29.4. The summed E-state index contributed by atoms with van der Waals surface area (Å²) in [5.74, 6) is -0.449. The summed E-state index contributed by atoms with van der Waals surface area (Å²) in [6, 6.07) is 5.17. The number of benzene rings is 1. The molecule has 4 nitrogen and oxygen atoms in total. The highest BCUT2D eigenvalue weighted by atomic mass is 35.5. The van der Waals surface area contributed by atoms with Crippen molar-refractivity contribution in [2.75, 3.05) is 0 Å². The lowest BCUT2D eigenvalue weighted by Crippen LogP contribution is -1.97. The molecule has 1 aromatic carbocycles. The first kappa shape index (κ1) is 11.2. The summed E-state index contributed by atoms with van der Waals surface area (Å²) in [6.07, 6.45) is 0. The Morgan fingerprint density at radius 3 is 2.00 bits per heavy atom. The second-order valence-corrected chi connectivity index (χ2v) is 3.33. The second-order valence-electron chi connectivity index (χ2n) is 1.94. The Labute approximate surface area is 76.0 Å². The van der Waals surface area contributed by atoms with Crippen molar-refractivity contribution in [3.05, 3.63) is 24.3 Å². The van der Waals surface area contributed by atoms with E-state index in [0.29, 0.717) is 0 Å². The number of phenolic OH excluding ortho intramolecular Hbond substituents is 1. The normalized spacial score (nSPS) is 10.4. The molecule has 0 radical (unpaired) electrons. The van der Waals surface area contributed by atoms with Gasteiger partial charge in [-0.1, -0.05) is 12.1 Å². The summed E-state index contributed by atoms with van der Waals surface area (Å²) in [7, 11) is -4.28. The maximum absolute atomic E-state index is 10.4. The molecule has 0 aliphatic carbocycles. The number of para-hydroxylation sites is 1. The quantitative estimate of drug-likeness (QED) is 0.680. The first-order valence-electron chi connectivity index (χ1n) is 2.77. The Morgan fingerprint density at radius 1 is 1.17 bits per heavy atom. The van der Waals surface area contributed by atoms with Gasteiger partial charge in [-0.2, -0.15) is 8.42 Å². The molecule has 6 heteroatoms. The van der Waals surface area contributed by atoms with E-state index in [-0.39, 0.29) is 12.4 Å². The molecule has 2 N–H and O–H groups in total. The van der Waals surface area contributed by atoms with Crippen molar-refractivity contribution in [1.82, 2.24) is 0 Å². The van der Waals surface area contributed by atoms with Gasteiger partial charge in [-0.15, -0.1) is 12.4 Å². The summed E-state index contributed by atoms with van der Waals surface area (Å²) in [4.78, 5) is -0.472. The van der Waals surface area contributed by atoms with Crippen LogP contribution < -0.4 is 0 Å². The molecular formula is C6H7ClO4S. The standard InChI is InChI=1S/C6H6O4S.ClH/c7-5-3-1-2-4-6(5)11(8,9)10;/h1-4,7H,(H,8,9,10);1H. The average molecular weight is 211 g/mol. The highest BCUT2D eigenvalue weighted by molar-refractivity contribution is 7.86. The molecule has 0 aliphatic heterocycles. The Kier molecular flexibility index (Phi) is 3.51. The summed E-state index contributed by atoms with van der Waals surface area (Å²) in [5, 5.41) is 8.91. The van der Waals surface area contributed by atoms with Gasteiger partial charge in [0, 0.05) is 0 Å². The Balaban J connectivity index is 0.00000121. The van der Waals surface area contributed by atoms with Gasteiger partial charge in [0.15, 0.2) is 0 Å². The Hall–Kier alpha value is -0.780. The number of hydrogen-bond acceptors (Lipinski definition) is 3. The van der Waals surface area contributed by atoms with Crippen molar-refractivity contribution < 1.29 is 18.1 Å². The van der Waals surface area contributed by atoms with Gasteiger partial charge >= 0.3 is 0 Å². The van der Waals surface area contributed by atoms with E-state index in [9.17, 15) is 8.42 Å². The second kappa shape index (κ2) is 3.75. The van der Waals surface area contributed by atoms with E-state index in [0.717, 1.165) is 6.07 Å². The van der Waals surface area contributed by atoms with Crippen LogP contribution >= 0.6 is 12.4 Å². The van der Waals surface area contributed by atoms with Crippen molar-refractivity contribution in [3.63, 3.8) is 0 Å². The molecule has 0 heterocycles. The number of phenols is 1. The van der Waals surface area contributed by atoms with Crippen LogP contribution in [0.5, 0.6) is 5.75 Å². The summed E-state index contributed by atoms with van der Waals surface area (Å²) in [6.45, 7) is 0. The molecule has 12 heavy (non-hydrogen) atoms. The van der Waals surface area contributed by atoms with Crippen molar-refractivity contribution in [3.8, 4) is 5.75 Å². The lowest BCUT2D eigenvalue weighted by molar-refractivity contribution is 0.443. The van der Waals surface area contributed by atoms with Gasteiger partial charge in [-0.05, 0) is 12.1 Å². The average Bonchev–Trinajstić information content (AvgIpc) is 1.86. The molecule has 0 atom stereocenters. The highest BCUT2D eigenvalue weighted by Gasteiger charge is 2.12. The summed E-state index contributed by atoms with van der Waals surface area (Å²) in [5.41, 5.74) is 0. The number of aromatic hydroxyl groups is 1. The smallest absolute Gasteiger partial charge is 0.298 e. The van der Waals surface area contributed by atoms with Gasteiger partial charge in [0.25, 0.3) is 10.1 Å². The van der Waals surface area contributed by atoms with Gasteiger partial charge in [0.1, 0.15) is 10.6 Å². The van der Waals surface area contributed by atoms with Crippen LogP contribution in [-0.4, -0.2) is 18.1 Å². The van der Waals surface area contributed by atoms with E-state index in [1.54, 1.807) is 0 Å². The van der Waals surface area contributed by atoms with Crippen molar-refractivity contribution in [1.29, 1.82) is 0 Å². The molecule has 68 valence electrons. The predicted molar refractivity (Wildman–Crippen MR) is 45.2 cm³/mol.